The molecular weight excluding hydrogens is 279 g/mol. The zero-order valence-electron chi connectivity index (χ0n) is 9.66. The van der Waals surface area contributed by atoms with Crippen molar-refractivity contribution < 1.29 is 30.7 Å². The van der Waals surface area contributed by atoms with Gasteiger partial charge in [0.15, 0.2) is 0 Å². The van der Waals surface area contributed by atoms with E-state index in [0.29, 0.717) is 12.1 Å². The topological polar surface area (TPSA) is 12.0 Å². The van der Waals surface area contributed by atoms with Gasteiger partial charge in [0.25, 0.3) is 0 Å². The monoisotopic (exact) mass is 289 g/mol. The highest BCUT2D eigenvalue weighted by atomic mass is 19.4. The molecule has 0 aliphatic heterocycles. The quantitative estimate of drug-likeness (QED) is 0.827. The molecule has 0 radical (unpaired) electrons. The van der Waals surface area contributed by atoms with Gasteiger partial charge >= 0.3 is 12.4 Å². The minimum atomic E-state index is -4.87. The molecule has 0 bridgehead atoms. The fourth-order valence-corrected chi connectivity index (χ4v) is 1.60. The van der Waals surface area contributed by atoms with Gasteiger partial charge in [-0.3, -0.25) is 0 Å². The summed E-state index contributed by atoms with van der Waals surface area (Å²) in [4.78, 5) is 0. The van der Waals surface area contributed by atoms with Gasteiger partial charge in [0.05, 0.1) is 12.0 Å². The molecular formula is C11H10F7N. The maximum absolute atomic E-state index is 13.2. The lowest BCUT2D eigenvalue weighted by molar-refractivity contribution is -0.141. The summed E-state index contributed by atoms with van der Waals surface area (Å²) in [5, 5.41) is 2.29. The minimum Gasteiger partial charge on any atom is -0.313 e. The summed E-state index contributed by atoms with van der Waals surface area (Å²) < 4.78 is 86.8. The van der Waals surface area contributed by atoms with Gasteiger partial charge in [0.2, 0.25) is 0 Å². The SMILES string of the molecule is CNC(CC(F)(F)F)c1ccc(C(F)(F)F)c(F)c1. The Kier molecular flexibility index (Phi) is 4.44. The minimum absolute atomic E-state index is 0.190. The molecule has 0 saturated heterocycles. The molecule has 0 heterocycles. The van der Waals surface area contributed by atoms with Crippen molar-refractivity contribution in [3.05, 3.63) is 35.1 Å². The zero-order valence-corrected chi connectivity index (χ0v) is 9.66. The van der Waals surface area contributed by atoms with Gasteiger partial charge in [-0.15, -0.1) is 0 Å². The summed E-state index contributed by atoms with van der Waals surface area (Å²) in [6, 6.07) is 0.441. The Labute approximate surface area is 104 Å². The summed E-state index contributed by atoms with van der Waals surface area (Å²) in [7, 11) is 1.21. The molecule has 19 heavy (non-hydrogen) atoms. The third kappa shape index (κ3) is 4.38. The fourth-order valence-electron chi connectivity index (χ4n) is 1.60. The molecule has 0 aliphatic carbocycles. The Morgan fingerprint density at radius 1 is 1.11 bits per heavy atom. The molecule has 0 saturated carbocycles. The van der Waals surface area contributed by atoms with E-state index in [1.54, 1.807) is 0 Å². The highest BCUT2D eigenvalue weighted by Gasteiger charge is 2.36. The molecule has 0 fully saturated rings. The molecule has 0 spiro atoms. The van der Waals surface area contributed by atoms with Crippen LogP contribution in [0, 0.1) is 5.82 Å². The van der Waals surface area contributed by atoms with Crippen LogP contribution >= 0.6 is 0 Å². The first-order valence-corrected chi connectivity index (χ1v) is 5.15. The van der Waals surface area contributed by atoms with Gasteiger partial charge < -0.3 is 5.32 Å². The van der Waals surface area contributed by atoms with Crippen LogP contribution in [0.3, 0.4) is 0 Å². The van der Waals surface area contributed by atoms with Crippen LogP contribution in [-0.2, 0) is 6.18 Å². The van der Waals surface area contributed by atoms with E-state index < -0.39 is 36.2 Å². The largest absolute Gasteiger partial charge is 0.419 e. The average molecular weight is 289 g/mol. The van der Waals surface area contributed by atoms with Crippen molar-refractivity contribution in [1.82, 2.24) is 5.32 Å². The molecule has 108 valence electrons. The van der Waals surface area contributed by atoms with Gasteiger partial charge in [-0.05, 0) is 24.7 Å². The van der Waals surface area contributed by atoms with Crippen molar-refractivity contribution in [3.63, 3.8) is 0 Å². The van der Waals surface area contributed by atoms with E-state index in [1.807, 2.05) is 0 Å². The molecule has 0 aromatic heterocycles. The standard InChI is InChI=1S/C11H10F7N/c1-19-9(5-10(13,14)15)6-2-3-7(8(12)4-6)11(16,17)18/h2-4,9,19H,5H2,1H3. The van der Waals surface area contributed by atoms with E-state index in [1.165, 1.54) is 7.05 Å². The molecule has 0 amide bonds. The third-order valence-electron chi connectivity index (χ3n) is 2.48. The molecule has 1 atom stereocenters. The van der Waals surface area contributed by atoms with Crippen molar-refractivity contribution in [2.75, 3.05) is 7.05 Å². The lowest BCUT2D eigenvalue weighted by Crippen LogP contribution is -2.24. The first-order chi connectivity index (χ1) is 8.54. The van der Waals surface area contributed by atoms with Crippen LogP contribution in [0.5, 0.6) is 0 Å². The second-order valence-corrected chi connectivity index (χ2v) is 3.90. The number of hydrogen-bond acceptors (Lipinski definition) is 1. The van der Waals surface area contributed by atoms with Crippen LogP contribution in [0.15, 0.2) is 18.2 Å². The maximum atomic E-state index is 13.2. The fraction of sp³-hybridized carbons (Fsp3) is 0.455. The number of alkyl halides is 6. The Morgan fingerprint density at radius 2 is 1.68 bits per heavy atom. The summed E-state index contributed by atoms with van der Waals surface area (Å²) in [5.74, 6) is -1.59. The molecule has 0 aliphatic rings. The van der Waals surface area contributed by atoms with E-state index >= 15 is 0 Å². The maximum Gasteiger partial charge on any atom is 0.419 e. The summed E-state index contributed by atoms with van der Waals surface area (Å²) in [6.45, 7) is 0. The van der Waals surface area contributed by atoms with Crippen LogP contribution < -0.4 is 5.32 Å². The predicted octanol–water partition coefficient (Wildman–Crippen LogP) is 4.06. The smallest absolute Gasteiger partial charge is 0.313 e. The zero-order chi connectivity index (χ0) is 14.8. The second-order valence-electron chi connectivity index (χ2n) is 3.90. The third-order valence-corrected chi connectivity index (χ3v) is 2.48. The van der Waals surface area contributed by atoms with E-state index in [9.17, 15) is 30.7 Å². The number of benzene rings is 1. The van der Waals surface area contributed by atoms with E-state index in [2.05, 4.69) is 5.32 Å². The van der Waals surface area contributed by atoms with Gasteiger partial charge in [0, 0.05) is 6.04 Å². The second kappa shape index (κ2) is 5.36. The highest BCUT2D eigenvalue weighted by Crippen LogP contribution is 2.34. The summed E-state index contributed by atoms with van der Waals surface area (Å²) in [5.41, 5.74) is -1.69. The van der Waals surface area contributed by atoms with Gasteiger partial charge in [0.1, 0.15) is 5.82 Å². The van der Waals surface area contributed by atoms with E-state index in [-0.39, 0.29) is 5.56 Å². The van der Waals surface area contributed by atoms with Crippen LogP contribution in [0.2, 0.25) is 0 Å². The first kappa shape index (κ1) is 15.7. The van der Waals surface area contributed by atoms with Crippen molar-refractivity contribution in [3.8, 4) is 0 Å². The summed E-state index contributed by atoms with van der Waals surface area (Å²) in [6.07, 6.45) is -10.7. The predicted molar refractivity (Wildman–Crippen MR) is 53.9 cm³/mol. The summed E-state index contributed by atoms with van der Waals surface area (Å²) >= 11 is 0. The van der Waals surface area contributed by atoms with E-state index in [0.717, 1.165) is 6.07 Å². The van der Waals surface area contributed by atoms with Crippen LogP contribution in [0.4, 0.5) is 30.7 Å². The van der Waals surface area contributed by atoms with Crippen LogP contribution in [-0.4, -0.2) is 13.2 Å². The molecule has 1 aromatic rings. The van der Waals surface area contributed by atoms with Gasteiger partial charge in [-0.2, -0.15) is 26.3 Å². The van der Waals surface area contributed by atoms with Crippen molar-refractivity contribution >= 4 is 0 Å². The normalized spacial score (nSPS) is 14.5. The lowest BCUT2D eigenvalue weighted by Gasteiger charge is -2.19. The molecule has 8 heteroatoms. The van der Waals surface area contributed by atoms with Crippen molar-refractivity contribution in [2.45, 2.75) is 24.8 Å². The van der Waals surface area contributed by atoms with Crippen molar-refractivity contribution in [1.29, 1.82) is 0 Å². The number of halogens is 7. The average Bonchev–Trinajstić information content (AvgIpc) is 2.22. The molecule has 1 aromatic carbocycles. The number of rotatable bonds is 3. The molecule has 1 N–H and O–H groups in total. The van der Waals surface area contributed by atoms with Crippen LogP contribution in [0.25, 0.3) is 0 Å². The Balaban J connectivity index is 3.05. The van der Waals surface area contributed by atoms with Crippen LogP contribution in [0.1, 0.15) is 23.6 Å². The number of nitrogens with one attached hydrogen (secondary N) is 1. The van der Waals surface area contributed by atoms with Gasteiger partial charge in [-0.25, -0.2) is 4.39 Å². The Bertz CT molecular complexity index is 436. The van der Waals surface area contributed by atoms with Crippen molar-refractivity contribution in [2.24, 2.45) is 0 Å². The lowest BCUT2D eigenvalue weighted by atomic mass is 10.0. The molecule has 1 nitrogen and oxygen atoms in total. The molecule has 1 rings (SSSR count). The van der Waals surface area contributed by atoms with Gasteiger partial charge in [-0.1, -0.05) is 6.07 Å². The first-order valence-electron chi connectivity index (χ1n) is 5.15. The van der Waals surface area contributed by atoms with E-state index in [4.69, 9.17) is 0 Å². The Hall–Kier alpha value is -1.31. The highest BCUT2D eigenvalue weighted by molar-refractivity contribution is 5.28. The number of hydrogen-bond donors (Lipinski definition) is 1. The Morgan fingerprint density at radius 3 is 2.05 bits per heavy atom. The molecule has 1 unspecified atom stereocenters.